The quantitative estimate of drug-likeness (QED) is 0.430. The van der Waals surface area contributed by atoms with Crippen molar-refractivity contribution in [2.75, 3.05) is 7.11 Å². The summed E-state index contributed by atoms with van der Waals surface area (Å²) in [5.74, 6) is 1.80. The van der Waals surface area contributed by atoms with Crippen LogP contribution in [0.2, 0.25) is 0 Å². The monoisotopic (exact) mass is 238 g/mol. The SMILES string of the molecule is C/C=C(C)\C(=C/C(C)(CC)CCC(C)C)OC. The maximum absolute atomic E-state index is 5.50. The summed E-state index contributed by atoms with van der Waals surface area (Å²) in [6.07, 6.45) is 8.07. The first-order chi connectivity index (χ1) is 7.88. The van der Waals surface area contributed by atoms with E-state index >= 15 is 0 Å². The number of ether oxygens (including phenoxy) is 1. The van der Waals surface area contributed by atoms with Gasteiger partial charge in [0.2, 0.25) is 0 Å². The second-order valence-corrected chi connectivity index (χ2v) is 5.62. The van der Waals surface area contributed by atoms with Crippen LogP contribution in [0.25, 0.3) is 0 Å². The van der Waals surface area contributed by atoms with Crippen molar-refractivity contribution < 1.29 is 4.74 Å². The minimum Gasteiger partial charge on any atom is -0.497 e. The van der Waals surface area contributed by atoms with Crippen molar-refractivity contribution in [2.45, 2.75) is 60.8 Å². The number of hydrogen-bond donors (Lipinski definition) is 0. The summed E-state index contributed by atoms with van der Waals surface area (Å²) in [6, 6.07) is 0. The molecule has 1 heteroatoms. The number of methoxy groups -OCH3 is 1. The van der Waals surface area contributed by atoms with Gasteiger partial charge in [-0.05, 0) is 49.7 Å². The summed E-state index contributed by atoms with van der Waals surface area (Å²) in [4.78, 5) is 0. The average Bonchev–Trinajstić information content (AvgIpc) is 2.32. The molecule has 0 spiro atoms. The van der Waals surface area contributed by atoms with Gasteiger partial charge in [-0.15, -0.1) is 0 Å². The summed E-state index contributed by atoms with van der Waals surface area (Å²) in [5.41, 5.74) is 1.47. The van der Waals surface area contributed by atoms with Gasteiger partial charge in [0, 0.05) is 0 Å². The Labute approximate surface area is 108 Å². The molecule has 17 heavy (non-hydrogen) atoms. The Balaban J connectivity index is 4.89. The van der Waals surface area contributed by atoms with Crippen molar-refractivity contribution in [3.05, 3.63) is 23.5 Å². The van der Waals surface area contributed by atoms with E-state index in [-0.39, 0.29) is 5.41 Å². The Morgan fingerprint density at radius 3 is 2.29 bits per heavy atom. The van der Waals surface area contributed by atoms with Gasteiger partial charge in [-0.3, -0.25) is 0 Å². The molecule has 0 rings (SSSR count). The van der Waals surface area contributed by atoms with E-state index < -0.39 is 0 Å². The van der Waals surface area contributed by atoms with Crippen molar-refractivity contribution in [3.63, 3.8) is 0 Å². The molecule has 0 aliphatic rings. The van der Waals surface area contributed by atoms with Crippen LogP contribution in [0.5, 0.6) is 0 Å². The minimum absolute atomic E-state index is 0.250. The van der Waals surface area contributed by atoms with Crippen LogP contribution in [0.1, 0.15) is 60.8 Å². The second-order valence-electron chi connectivity index (χ2n) is 5.62. The van der Waals surface area contributed by atoms with Gasteiger partial charge in [0.1, 0.15) is 5.76 Å². The van der Waals surface area contributed by atoms with E-state index in [0.29, 0.717) is 0 Å². The zero-order valence-electron chi connectivity index (χ0n) is 12.8. The highest BCUT2D eigenvalue weighted by atomic mass is 16.5. The van der Waals surface area contributed by atoms with Crippen LogP contribution in [0, 0.1) is 11.3 Å². The molecule has 0 aliphatic carbocycles. The fourth-order valence-electron chi connectivity index (χ4n) is 1.76. The Bertz CT molecular complexity index is 273. The average molecular weight is 238 g/mol. The van der Waals surface area contributed by atoms with E-state index in [4.69, 9.17) is 4.74 Å². The van der Waals surface area contributed by atoms with Gasteiger partial charge in [-0.1, -0.05) is 40.2 Å². The third kappa shape index (κ3) is 5.95. The summed E-state index contributed by atoms with van der Waals surface area (Å²) in [6.45, 7) is 13.3. The number of hydrogen-bond acceptors (Lipinski definition) is 1. The first-order valence-corrected chi connectivity index (χ1v) is 6.78. The van der Waals surface area contributed by atoms with Gasteiger partial charge < -0.3 is 4.74 Å². The standard InChI is InChI=1S/C16H30O/c1-8-14(5)15(17-7)12-16(6,9-2)11-10-13(3)4/h8,12-13H,9-11H2,1-7H3/b14-8-,15-12+. The molecule has 0 aromatic carbocycles. The van der Waals surface area contributed by atoms with Crippen molar-refractivity contribution in [1.82, 2.24) is 0 Å². The summed E-state index contributed by atoms with van der Waals surface area (Å²) in [7, 11) is 1.76. The molecule has 0 aromatic rings. The van der Waals surface area contributed by atoms with E-state index in [1.807, 2.05) is 0 Å². The number of rotatable bonds is 7. The highest BCUT2D eigenvalue weighted by Gasteiger charge is 2.21. The Hall–Kier alpha value is -0.720. The second kappa shape index (κ2) is 7.58. The van der Waals surface area contributed by atoms with Crippen LogP contribution in [-0.4, -0.2) is 7.11 Å². The number of allylic oxidation sites excluding steroid dienone is 3. The molecule has 0 N–H and O–H groups in total. The lowest BCUT2D eigenvalue weighted by Crippen LogP contribution is -2.14. The molecular weight excluding hydrogens is 208 g/mol. The smallest absolute Gasteiger partial charge is 0.118 e. The molecule has 0 aliphatic heterocycles. The van der Waals surface area contributed by atoms with Crippen LogP contribution < -0.4 is 0 Å². The van der Waals surface area contributed by atoms with Crippen molar-refractivity contribution in [2.24, 2.45) is 11.3 Å². The van der Waals surface area contributed by atoms with Gasteiger partial charge in [-0.25, -0.2) is 0 Å². The van der Waals surface area contributed by atoms with E-state index in [1.54, 1.807) is 7.11 Å². The maximum Gasteiger partial charge on any atom is 0.118 e. The van der Waals surface area contributed by atoms with Gasteiger partial charge in [-0.2, -0.15) is 0 Å². The van der Waals surface area contributed by atoms with Gasteiger partial charge >= 0.3 is 0 Å². The normalized spacial score (nSPS) is 17.2. The lowest BCUT2D eigenvalue weighted by atomic mass is 9.80. The van der Waals surface area contributed by atoms with Crippen molar-refractivity contribution in [3.8, 4) is 0 Å². The molecule has 0 heterocycles. The van der Waals surface area contributed by atoms with Crippen molar-refractivity contribution in [1.29, 1.82) is 0 Å². The fourth-order valence-corrected chi connectivity index (χ4v) is 1.76. The first kappa shape index (κ1) is 16.3. The van der Waals surface area contributed by atoms with Crippen LogP contribution in [0.15, 0.2) is 23.5 Å². The molecule has 0 saturated heterocycles. The molecule has 0 radical (unpaired) electrons. The zero-order valence-corrected chi connectivity index (χ0v) is 12.8. The van der Waals surface area contributed by atoms with Gasteiger partial charge in [0.15, 0.2) is 0 Å². The van der Waals surface area contributed by atoms with E-state index in [0.717, 1.165) is 18.1 Å². The highest BCUT2D eigenvalue weighted by molar-refractivity contribution is 5.25. The molecule has 0 fully saturated rings. The minimum atomic E-state index is 0.250. The Morgan fingerprint density at radius 1 is 1.35 bits per heavy atom. The van der Waals surface area contributed by atoms with Crippen molar-refractivity contribution >= 4 is 0 Å². The fraction of sp³-hybridized carbons (Fsp3) is 0.750. The topological polar surface area (TPSA) is 9.23 Å². The van der Waals surface area contributed by atoms with E-state index in [1.165, 1.54) is 18.4 Å². The van der Waals surface area contributed by atoms with Gasteiger partial charge in [0.25, 0.3) is 0 Å². The Morgan fingerprint density at radius 2 is 1.94 bits per heavy atom. The molecule has 1 nitrogen and oxygen atoms in total. The molecule has 1 unspecified atom stereocenters. The molecule has 1 atom stereocenters. The lowest BCUT2D eigenvalue weighted by Gasteiger charge is -2.26. The van der Waals surface area contributed by atoms with Crippen LogP contribution in [0.3, 0.4) is 0 Å². The predicted molar refractivity (Wildman–Crippen MR) is 77.0 cm³/mol. The largest absolute Gasteiger partial charge is 0.497 e. The molecular formula is C16H30O. The van der Waals surface area contributed by atoms with E-state index in [9.17, 15) is 0 Å². The molecule has 100 valence electrons. The molecule has 0 saturated carbocycles. The van der Waals surface area contributed by atoms with Crippen LogP contribution in [0.4, 0.5) is 0 Å². The van der Waals surface area contributed by atoms with Crippen LogP contribution in [-0.2, 0) is 4.74 Å². The third-order valence-electron chi connectivity index (χ3n) is 3.62. The summed E-state index contributed by atoms with van der Waals surface area (Å²) >= 11 is 0. The third-order valence-corrected chi connectivity index (χ3v) is 3.62. The summed E-state index contributed by atoms with van der Waals surface area (Å²) in [5, 5.41) is 0. The maximum atomic E-state index is 5.50. The van der Waals surface area contributed by atoms with Gasteiger partial charge in [0.05, 0.1) is 7.11 Å². The predicted octanol–water partition coefficient (Wildman–Crippen LogP) is 5.34. The zero-order chi connectivity index (χ0) is 13.5. The molecule has 0 aromatic heterocycles. The molecule has 0 bridgehead atoms. The summed E-state index contributed by atoms with van der Waals surface area (Å²) < 4.78 is 5.50. The molecule has 0 amide bonds. The van der Waals surface area contributed by atoms with Crippen LogP contribution >= 0.6 is 0 Å². The Kier molecular flexibility index (Phi) is 7.26. The van der Waals surface area contributed by atoms with E-state index in [2.05, 4.69) is 53.7 Å². The lowest BCUT2D eigenvalue weighted by molar-refractivity contribution is 0.274. The highest BCUT2D eigenvalue weighted by Crippen LogP contribution is 2.33. The first-order valence-electron chi connectivity index (χ1n) is 6.78.